The maximum atomic E-state index is 13.1. The van der Waals surface area contributed by atoms with E-state index in [1.165, 1.54) is 38.1 Å². The van der Waals surface area contributed by atoms with E-state index >= 15 is 0 Å². The van der Waals surface area contributed by atoms with Crippen LogP contribution in [0.3, 0.4) is 0 Å². The highest BCUT2D eigenvalue weighted by Crippen LogP contribution is 2.28. The van der Waals surface area contributed by atoms with E-state index in [0.29, 0.717) is 16.9 Å². The van der Waals surface area contributed by atoms with Crippen molar-refractivity contribution in [1.82, 2.24) is 0 Å². The molecule has 0 aromatic heterocycles. The van der Waals surface area contributed by atoms with Crippen LogP contribution in [0, 0.1) is 5.82 Å². The fourth-order valence-electron chi connectivity index (χ4n) is 2.46. The first kappa shape index (κ1) is 18.9. The SMILES string of the molecule is CC1(C)OC(=O)C(=Cc2ccccc2OCc2ccc(F)cc2Cl)C(=O)O1. The number of cyclic esters (lactones) is 2. The van der Waals surface area contributed by atoms with Crippen molar-refractivity contribution in [3.63, 3.8) is 0 Å². The lowest BCUT2D eigenvalue weighted by atomic mass is 10.1. The van der Waals surface area contributed by atoms with Crippen LogP contribution in [0.2, 0.25) is 5.02 Å². The number of rotatable bonds is 4. The number of benzene rings is 2. The number of esters is 2. The Morgan fingerprint density at radius 3 is 2.44 bits per heavy atom. The fraction of sp³-hybridized carbons (Fsp3) is 0.200. The number of carbonyl (C=O) groups is 2. The summed E-state index contributed by atoms with van der Waals surface area (Å²) in [7, 11) is 0. The molecule has 0 spiro atoms. The molecule has 0 amide bonds. The van der Waals surface area contributed by atoms with Gasteiger partial charge in [0, 0.05) is 25.0 Å². The third-order valence-corrected chi connectivity index (χ3v) is 4.09. The summed E-state index contributed by atoms with van der Waals surface area (Å²) >= 11 is 6.00. The molecule has 0 atom stereocenters. The Labute approximate surface area is 160 Å². The highest BCUT2D eigenvalue weighted by Gasteiger charge is 2.38. The highest BCUT2D eigenvalue weighted by atomic mass is 35.5. The molecule has 1 fully saturated rings. The number of para-hydroxylation sites is 1. The molecule has 1 aliphatic rings. The summed E-state index contributed by atoms with van der Waals surface area (Å²) in [6.45, 7) is 3.04. The molecule has 0 N–H and O–H groups in total. The van der Waals surface area contributed by atoms with E-state index in [1.54, 1.807) is 24.3 Å². The fourth-order valence-corrected chi connectivity index (χ4v) is 2.68. The molecule has 1 aliphatic heterocycles. The van der Waals surface area contributed by atoms with Crippen molar-refractivity contribution in [2.45, 2.75) is 26.2 Å². The summed E-state index contributed by atoms with van der Waals surface area (Å²) in [5.74, 6) is -2.87. The Morgan fingerprint density at radius 2 is 1.78 bits per heavy atom. The zero-order chi connectivity index (χ0) is 19.6. The third kappa shape index (κ3) is 4.46. The lowest BCUT2D eigenvalue weighted by Gasteiger charge is -2.29. The van der Waals surface area contributed by atoms with Crippen LogP contribution in [0.4, 0.5) is 4.39 Å². The minimum Gasteiger partial charge on any atom is -0.488 e. The average molecular weight is 391 g/mol. The van der Waals surface area contributed by atoms with Crippen LogP contribution in [0.15, 0.2) is 48.0 Å². The second-order valence-corrected chi connectivity index (χ2v) is 6.71. The number of halogens is 2. The molecule has 27 heavy (non-hydrogen) atoms. The molecule has 1 saturated heterocycles. The lowest BCUT2D eigenvalue weighted by molar-refractivity contribution is -0.222. The third-order valence-electron chi connectivity index (χ3n) is 3.73. The quantitative estimate of drug-likeness (QED) is 0.443. The normalized spacial score (nSPS) is 15.8. The molecule has 0 radical (unpaired) electrons. The van der Waals surface area contributed by atoms with Gasteiger partial charge in [0.1, 0.15) is 23.7 Å². The first-order valence-corrected chi connectivity index (χ1v) is 8.47. The van der Waals surface area contributed by atoms with E-state index in [4.69, 9.17) is 25.8 Å². The average Bonchev–Trinajstić information content (AvgIpc) is 2.57. The van der Waals surface area contributed by atoms with Crippen LogP contribution in [0.5, 0.6) is 5.75 Å². The van der Waals surface area contributed by atoms with Gasteiger partial charge in [-0.1, -0.05) is 35.9 Å². The molecule has 0 saturated carbocycles. The molecule has 0 aliphatic carbocycles. The van der Waals surface area contributed by atoms with E-state index in [-0.39, 0.29) is 17.2 Å². The van der Waals surface area contributed by atoms with Gasteiger partial charge in [-0.05, 0) is 24.3 Å². The Morgan fingerprint density at radius 1 is 1.11 bits per heavy atom. The maximum Gasteiger partial charge on any atom is 0.348 e. The highest BCUT2D eigenvalue weighted by molar-refractivity contribution is 6.31. The summed E-state index contributed by atoms with van der Waals surface area (Å²) in [6.07, 6.45) is 1.35. The Bertz CT molecular complexity index is 914. The molecule has 0 unspecified atom stereocenters. The first-order valence-electron chi connectivity index (χ1n) is 8.09. The Kier molecular flexibility index (Phi) is 5.19. The van der Waals surface area contributed by atoms with Gasteiger partial charge in [0.15, 0.2) is 0 Å². The molecule has 2 aromatic rings. The van der Waals surface area contributed by atoms with Crippen LogP contribution in [0.25, 0.3) is 6.08 Å². The Balaban J connectivity index is 1.84. The zero-order valence-corrected chi connectivity index (χ0v) is 15.4. The summed E-state index contributed by atoms with van der Waals surface area (Å²) in [4.78, 5) is 24.2. The predicted octanol–water partition coefficient (Wildman–Crippen LogP) is 4.28. The molecule has 0 bridgehead atoms. The number of hydrogen-bond acceptors (Lipinski definition) is 5. The first-order chi connectivity index (χ1) is 12.7. The molecule has 3 rings (SSSR count). The van der Waals surface area contributed by atoms with Crippen molar-refractivity contribution < 1.29 is 28.2 Å². The van der Waals surface area contributed by atoms with Gasteiger partial charge < -0.3 is 14.2 Å². The summed E-state index contributed by atoms with van der Waals surface area (Å²) in [5, 5.41) is 0.243. The van der Waals surface area contributed by atoms with Crippen LogP contribution < -0.4 is 4.74 Å². The van der Waals surface area contributed by atoms with E-state index in [2.05, 4.69) is 0 Å². The van der Waals surface area contributed by atoms with Crippen LogP contribution in [-0.2, 0) is 25.7 Å². The molecule has 140 valence electrons. The van der Waals surface area contributed by atoms with Crippen molar-refractivity contribution in [1.29, 1.82) is 0 Å². The van der Waals surface area contributed by atoms with Crippen molar-refractivity contribution in [2.75, 3.05) is 0 Å². The summed E-state index contributed by atoms with van der Waals surface area (Å²) < 4.78 is 29.0. The molecule has 5 nitrogen and oxygen atoms in total. The van der Waals surface area contributed by atoms with Gasteiger partial charge >= 0.3 is 11.9 Å². The van der Waals surface area contributed by atoms with Crippen molar-refractivity contribution in [3.05, 3.63) is 70.0 Å². The van der Waals surface area contributed by atoms with Crippen LogP contribution in [-0.4, -0.2) is 17.7 Å². The van der Waals surface area contributed by atoms with Gasteiger partial charge in [0.2, 0.25) is 0 Å². The molecular weight excluding hydrogens is 375 g/mol. The number of ether oxygens (including phenoxy) is 3. The van der Waals surface area contributed by atoms with E-state index in [1.807, 2.05) is 0 Å². The predicted molar refractivity (Wildman–Crippen MR) is 96.4 cm³/mol. The molecular formula is C20H16ClFO5. The maximum absolute atomic E-state index is 13.1. The topological polar surface area (TPSA) is 61.8 Å². The minimum absolute atomic E-state index is 0.0845. The largest absolute Gasteiger partial charge is 0.488 e. The van der Waals surface area contributed by atoms with E-state index in [9.17, 15) is 14.0 Å². The monoisotopic (exact) mass is 390 g/mol. The molecule has 1 heterocycles. The van der Waals surface area contributed by atoms with Crippen LogP contribution in [0.1, 0.15) is 25.0 Å². The lowest BCUT2D eigenvalue weighted by Crippen LogP contribution is -2.41. The van der Waals surface area contributed by atoms with Gasteiger partial charge in [0.25, 0.3) is 5.79 Å². The molecule has 2 aromatic carbocycles. The number of carbonyl (C=O) groups excluding carboxylic acids is 2. The van der Waals surface area contributed by atoms with Crippen LogP contribution >= 0.6 is 11.6 Å². The van der Waals surface area contributed by atoms with Gasteiger partial charge in [-0.25, -0.2) is 14.0 Å². The van der Waals surface area contributed by atoms with Gasteiger partial charge in [-0.3, -0.25) is 0 Å². The second-order valence-electron chi connectivity index (χ2n) is 6.30. The summed E-state index contributed by atoms with van der Waals surface area (Å²) in [6, 6.07) is 10.8. The second kappa shape index (κ2) is 7.40. The molecule has 7 heteroatoms. The van der Waals surface area contributed by atoms with Gasteiger partial charge in [-0.15, -0.1) is 0 Å². The van der Waals surface area contributed by atoms with Crippen molar-refractivity contribution >= 4 is 29.6 Å². The van der Waals surface area contributed by atoms with Gasteiger partial charge in [-0.2, -0.15) is 0 Å². The van der Waals surface area contributed by atoms with Crippen molar-refractivity contribution in [2.24, 2.45) is 0 Å². The van der Waals surface area contributed by atoms with E-state index in [0.717, 1.165) is 0 Å². The standard InChI is InChI=1S/C20H16ClFO5/c1-20(2)26-18(23)15(19(24)27-20)9-12-5-3-4-6-17(12)25-11-13-7-8-14(22)10-16(13)21/h3-10H,11H2,1-2H3. The summed E-state index contributed by atoms with van der Waals surface area (Å²) in [5.41, 5.74) is 0.850. The smallest absolute Gasteiger partial charge is 0.348 e. The van der Waals surface area contributed by atoms with Crippen molar-refractivity contribution in [3.8, 4) is 5.75 Å². The Hall–Kier alpha value is -2.86. The van der Waals surface area contributed by atoms with E-state index < -0.39 is 23.5 Å². The number of hydrogen-bond donors (Lipinski definition) is 0. The van der Waals surface area contributed by atoms with Gasteiger partial charge in [0.05, 0.1) is 5.02 Å². The zero-order valence-electron chi connectivity index (χ0n) is 14.6. The minimum atomic E-state index is -1.30.